The minimum absolute atomic E-state index is 0.561. The van der Waals surface area contributed by atoms with Gasteiger partial charge in [-0.15, -0.1) is 20.4 Å². The van der Waals surface area contributed by atoms with Gasteiger partial charge in [-0.25, -0.2) is 0 Å². The van der Waals surface area contributed by atoms with Crippen LogP contribution in [0.15, 0.2) is 218 Å². The van der Waals surface area contributed by atoms with Gasteiger partial charge in [-0.3, -0.25) is 0 Å². The first-order chi connectivity index (χ1) is 30.2. The summed E-state index contributed by atoms with van der Waals surface area (Å²) in [5.74, 6) is 0.561. The fourth-order valence-electron chi connectivity index (χ4n) is 8.35. The third-order valence-electron chi connectivity index (χ3n) is 11.5. The summed E-state index contributed by atoms with van der Waals surface area (Å²) in [5.41, 5.74) is 19.1. The quantitative estimate of drug-likeness (QED) is 0.146. The van der Waals surface area contributed by atoms with E-state index in [-0.39, 0.29) is 0 Å². The monoisotopic (exact) mass is 782 g/mol. The molecule has 2 heterocycles. The summed E-state index contributed by atoms with van der Waals surface area (Å²) in [6.07, 6.45) is 7.88. The standard InChI is InChI=1S/C57H42N4/c1-39-29-31-41(32-30-39)47-22-8-12-28-53(47)57-36-34-55(59-61-57)45-20-14-18-43(38-45)49-24-6-10-26-51(49)50-25-9-5-23-48(50)42-17-13-19-44(37-42)54-33-35-56(60-58-54)52-27-11-7-21-46(52)40-15-3-2-4-16-40/h2-29,31-39H,30H2,1H3. The topological polar surface area (TPSA) is 51.6 Å². The third-order valence-corrected chi connectivity index (χ3v) is 11.5. The van der Waals surface area contributed by atoms with Crippen molar-refractivity contribution in [3.63, 3.8) is 0 Å². The average Bonchev–Trinajstić information content (AvgIpc) is 3.35. The van der Waals surface area contributed by atoms with Gasteiger partial charge in [-0.2, -0.15) is 0 Å². The van der Waals surface area contributed by atoms with Crippen LogP contribution in [0.5, 0.6) is 0 Å². The highest BCUT2D eigenvalue weighted by Gasteiger charge is 2.16. The molecule has 0 bridgehead atoms. The minimum atomic E-state index is 0.561. The number of hydrogen-bond donors (Lipinski definition) is 0. The second-order valence-electron chi connectivity index (χ2n) is 15.5. The van der Waals surface area contributed by atoms with Crippen molar-refractivity contribution in [2.75, 3.05) is 0 Å². The number of benzene rings is 7. The second-order valence-corrected chi connectivity index (χ2v) is 15.5. The van der Waals surface area contributed by atoms with Crippen LogP contribution < -0.4 is 0 Å². The molecule has 10 rings (SSSR count). The second kappa shape index (κ2) is 16.8. The Kier molecular flexibility index (Phi) is 10.3. The number of aromatic nitrogens is 4. The molecule has 4 nitrogen and oxygen atoms in total. The van der Waals surface area contributed by atoms with Crippen LogP contribution in [0.4, 0.5) is 0 Å². The molecular formula is C57H42N4. The maximum atomic E-state index is 4.77. The summed E-state index contributed by atoms with van der Waals surface area (Å²) >= 11 is 0. The van der Waals surface area contributed by atoms with Crippen molar-refractivity contribution in [2.45, 2.75) is 13.3 Å². The van der Waals surface area contributed by atoms with Crippen LogP contribution in [0.25, 0.3) is 95.1 Å². The van der Waals surface area contributed by atoms with Gasteiger partial charge in [-0.05, 0) is 104 Å². The summed E-state index contributed by atoms with van der Waals surface area (Å²) < 4.78 is 0. The van der Waals surface area contributed by atoms with E-state index < -0.39 is 0 Å². The molecule has 0 spiro atoms. The van der Waals surface area contributed by atoms with Crippen molar-refractivity contribution in [3.05, 3.63) is 224 Å². The predicted molar refractivity (Wildman–Crippen MR) is 252 cm³/mol. The van der Waals surface area contributed by atoms with Crippen LogP contribution in [0, 0.1) is 5.92 Å². The highest BCUT2D eigenvalue weighted by atomic mass is 15.1. The van der Waals surface area contributed by atoms with E-state index in [0.29, 0.717) is 5.92 Å². The fourth-order valence-corrected chi connectivity index (χ4v) is 8.35. The highest BCUT2D eigenvalue weighted by molar-refractivity contribution is 5.93. The predicted octanol–water partition coefficient (Wildman–Crippen LogP) is 14.6. The molecule has 1 aliphatic rings. The van der Waals surface area contributed by atoms with E-state index in [1.165, 1.54) is 11.1 Å². The van der Waals surface area contributed by atoms with E-state index in [1.807, 2.05) is 6.07 Å². The van der Waals surface area contributed by atoms with Gasteiger partial charge in [0.15, 0.2) is 0 Å². The molecule has 4 heteroatoms. The van der Waals surface area contributed by atoms with Crippen molar-refractivity contribution < 1.29 is 0 Å². The smallest absolute Gasteiger partial charge is 0.0936 e. The molecule has 0 saturated heterocycles. The third kappa shape index (κ3) is 7.75. The molecule has 0 fully saturated rings. The van der Waals surface area contributed by atoms with Gasteiger partial charge in [0.1, 0.15) is 0 Å². The van der Waals surface area contributed by atoms with E-state index in [9.17, 15) is 0 Å². The first-order valence-electron chi connectivity index (χ1n) is 20.9. The van der Waals surface area contributed by atoms with Crippen molar-refractivity contribution in [1.82, 2.24) is 20.4 Å². The van der Waals surface area contributed by atoms with E-state index in [1.54, 1.807) is 0 Å². The molecule has 0 amide bonds. The number of rotatable bonds is 9. The van der Waals surface area contributed by atoms with Crippen LogP contribution in [0.3, 0.4) is 0 Å². The highest BCUT2D eigenvalue weighted by Crippen LogP contribution is 2.40. The fraction of sp³-hybridized carbons (Fsp3) is 0.0526. The van der Waals surface area contributed by atoms with Crippen LogP contribution in [-0.4, -0.2) is 20.4 Å². The Balaban J connectivity index is 0.940. The van der Waals surface area contributed by atoms with Gasteiger partial charge in [0.2, 0.25) is 0 Å². The molecule has 1 aliphatic carbocycles. The minimum Gasteiger partial charge on any atom is -0.150 e. The van der Waals surface area contributed by atoms with Crippen LogP contribution in [-0.2, 0) is 0 Å². The molecular weight excluding hydrogens is 741 g/mol. The molecule has 0 saturated carbocycles. The normalized spacial score (nSPS) is 13.5. The Morgan fingerprint density at radius 1 is 0.328 bits per heavy atom. The zero-order chi connectivity index (χ0) is 41.0. The van der Waals surface area contributed by atoms with Crippen LogP contribution >= 0.6 is 0 Å². The maximum absolute atomic E-state index is 4.77. The zero-order valence-corrected chi connectivity index (χ0v) is 33.9. The van der Waals surface area contributed by atoms with Crippen molar-refractivity contribution in [3.8, 4) is 89.5 Å². The first-order valence-corrected chi connectivity index (χ1v) is 20.9. The first kappa shape index (κ1) is 37.5. The molecule has 0 aliphatic heterocycles. The van der Waals surface area contributed by atoms with Gasteiger partial charge >= 0.3 is 0 Å². The summed E-state index contributed by atoms with van der Waals surface area (Å²) in [6, 6.07) is 70.1. The summed E-state index contributed by atoms with van der Waals surface area (Å²) in [6.45, 7) is 2.25. The lowest BCUT2D eigenvalue weighted by atomic mass is 9.88. The molecule has 0 N–H and O–H groups in total. The van der Waals surface area contributed by atoms with Gasteiger partial charge < -0.3 is 0 Å². The van der Waals surface area contributed by atoms with Gasteiger partial charge in [-0.1, -0.05) is 189 Å². The number of allylic oxidation sites excluding steroid dienone is 4. The van der Waals surface area contributed by atoms with Crippen LogP contribution in [0.2, 0.25) is 0 Å². The van der Waals surface area contributed by atoms with Crippen molar-refractivity contribution in [1.29, 1.82) is 0 Å². The Morgan fingerprint density at radius 3 is 1.18 bits per heavy atom. The summed E-state index contributed by atoms with van der Waals surface area (Å²) in [7, 11) is 0. The maximum Gasteiger partial charge on any atom is 0.0936 e. The average molecular weight is 783 g/mol. The van der Waals surface area contributed by atoms with E-state index >= 15 is 0 Å². The number of nitrogens with zero attached hydrogens (tertiary/aromatic N) is 4. The van der Waals surface area contributed by atoms with E-state index in [2.05, 4.69) is 219 Å². The Bertz CT molecular complexity index is 3050. The zero-order valence-electron chi connectivity index (χ0n) is 33.9. The molecule has 1 atom stereocenters. The summed E-state index contributed by atoms with van der Waals surface area (Å²) in [4.78, 5) is 0. The van der Waals surface area contributed by atoms with Crippen molar-refractivity contribution >= 4 is 5.57 Å². The Morgan fingerprint density at radius 2 is 0.705 bits per heavy atom. The molecule has 1 unspecified atom stereocenters. The van der Waals surface area contributed by atoms with Gasteiger partial charge in [0, 0.05) is 22.3 Å². The lowest BCUT2D eigenvalue weighted by molar-refractivity contribution is 0.739. The molecule has 7 aromatic carbocycles. The molecule has 9 aromatic rings. The lowest BCUT2D eigenvalue weighted by Gasteiger charge is -2.16. The Labute approximate surface area is 357 Å². The van der Waals surface area contributed by atoms with Gasteiger partial charge in [0.25, 0.3) is 0 Å². The Hall–Kier alpha value is -7.82. The molecule has 2 aromatic heterocycles. The number of hydrogen-bond acceptors (Lipinski definition) is 4. The van der Waals surface area contributed by atoms with E-state index in [4.69, 9.17) is 20.4 Å². The lowest BCUT2D eigenvalue weighted by Crippen LogP contribution is -1.97. The molecule has 61 heavy (non-hydrogen) atoms. The van der Waals surface area contributed by atoms with Crippen LogP contribution in [0.1, 0.15) is 18.9 Å². The van der Waals surface area contributed by atoms with E-state index in [0.717, 1.165) is 96.0 Å². The van der Waals surface area contributed by atoms with Crippen molar-refractivity contribution in [2.24, 2.45) is 5.92 Å². The molecule has 290 valence electrons. The summed E-state index contributed by atoms with van der Waals surface area (Å²) in [5, 5.41) is 19.0. The van der Waals surface area contributed by atoms with Gasteiger partial charge in [0.05, 0.1) is 22.8 Å². The SMILES string of the molecule is CC1C=CC(c2ccccc2-c2ccc(-c3cccc(-c4ccccc4-c4ccccc4-c4cccc(-c5ccc(-c6ccccc6-c6ccccc6)nn5)c4)c3)nn2)=CC1. The molecule has 0 radical (unpaired) electrons. The largest absolute Gasteiger partial charge is 0.150 e.